The largest absolute Gasteiger partial charge is 0.491 e. The Kier molecular flexibility index (Phi) is 5.75. The number of pyridine rings is 1. The molecule has 0 fully saturated rings. The fourth-order valence-corrected chi connectivity index (χ4v) is 3.38. The van der Waals surface area contributed by atoms with E-state index in [0.29, 0.717) is 25.3 Å². The van der Waals surface area contributed by atoms with Gasteiger partial charge >= 0.3 is 0 Å². The number of imidazole rings is 1. The van der Waals surface area contributed by atoms with Gasteiger partial charge in [0.15, 0.2) is 0 Å². The van der Waals surface area contributed by atoms with E-state index in [1.165, 1.54) is 5.56 Å². The molecule has 0 aliphatic heterocycles. The van der Waals surface area contributed by atoms with Crippen LogP contribution in [0.1, 0.15) is 27.3 Å². The summed E-state index contributed by atoms with van der Waals surface area (Å²) in [5.74, 6) is 1.54. The monoisotopic (exact) mass is 400 g/mol. The average molecular weight is 400 g/mol. The molecule has 152 valence electrons. The second-order valence-electron chi connectivity index (χ2n) is 7.20. The van der Waals surface area contributed by atoms with Crippen molar-refractivity contribution in [2.45, 2.75) is 26.9 Å². The first-order chi connectivity index (χ1) is 14.6. The Labute approximate surface area is 175 Å². The number of aryl methyl sites for hydroxylation is 2. The zero-order valence-electron chi connectivity index (χ0n) is 17.1. The first kappa shape index (κ1) is 19.6. The number of rotatable bonds is 7. The third-order valence-corrected chi connectivity index (χ3v) is 5.00. The number of aromatic nitrogens is 3. The minimum absolute atomic E-state index is 0.150. The smallest absolute Gasteiger partial charge is 0.251 e. The summed E-state index contributed by atoms with van der Waals surface area (Å²) in [6, 6.07) is 17.5. The van der Waals surface area contributed by atoms with E-state index in [9.17, 15) is 4.79 Å². The average Bonchev–Trinajstić information content (AvgIpc) is 3.12. The summed E-state index contributed by atoms with van der Waals surface area (Å²) in [7, 11) is 0. The lowest BCUT2D eigenvalue weighted by molar-refractivity contribution is 0.0949. The van der Waals surface area contributed by atoms with Crippen molar-refractivity contribution in [3.05, 3.63) is 89.5 Å². The first-order valence-electron chi connectivity index (χ1n) is 9.94. The number of carbonyl (C=O) groups is 1. The predicted octanol–water partition coefficient (Wildman–Crippen LogP) is 4.06. The summed E-state index contributed by atoms with van der Waals surface area (Å²) >= 11 is 0. The number of hydrogen-bond acceptors (Lipinski definition) is 4. The standard InChI is InChI=1S/C24H24N4O2/c1-17-7-8-18(2)22(15-17)30-14-13-28-21-6-4-3-5-20(21)27-23(28)16-26-24(29)19-9-11-25-12-10-19/h3-12,15H,13-14,16H2,1-2H3,(H,26,29). The van der Waals surface area contributed by atoms with E-state index in [1.54, 1.807) is 24.5 Å². The summed E-state index contributed by atoms with van der Waals surface area (Å²) in [6.07, 6.45) is 3.21. The van der Waals surface area contributed by atoms with Gasteiger partial charge in [-0.1, -0.05) is 24.3 Å². The molecule has 0 unspecified atom stereocenters. The minimum atomic E-state index is -0.150. The van der Waals surface area contributed by atoms with Gasteiger partial charge in [0.05, 0.1) is 24.1 Å². The van der Waals surface area contributed by atoms with Crippen LogP contribution in [0.2, 0.25) is 0 Å². The molecule has 0 saturated heterocycles. The molecule has 0 aliphatic carbocycles. The maximum absolute atomic E-state index is 12.4. The Morgan fingerprint density at radius 1 is 1.07 bits per heavy atom. The van der Waals surface area contributed by atoms with Gasteiger partial charge in [-0.2, -0.15) is 0 Å². The molecule has 0 radical (unpaired) electrons. The summed E-state index contributed by atoms with van der Waals surface area (Å²) in [5, 5.41) is 2.95. The van der Waals surface area contributed by atoms with Crippen LogP contribution in [0.5, 0.6) is 5.75 Å². The highest BCUT2D eigenvalue weighted by atomic mass is 16.5. The van der Waals surface area contributed by atoms with Crippen LogP contribution in [-0.2, 0) is 13.1 Å². The van der Waals surface area contributed by atoms with E-state index in [4.69, 9.17) is 9.72 Å². The SMILES string of the molecule is Cc1ccc(C)c(OCCn2c(CNC(=O)c3ccncc3)nc3ccccc32)c1. The molecule has 2 aromatic heterocycles. The lowest BCUT2D eigenvalue weighted by Gasteiger charge is -2.13. The number of ether oxygens (including phenoxy) is 1. The third kappa shape index (κ3) is 4.33. The van der Waals surface area contributed by atoms with E-state index in [2.05, 4.69) is 40.0 Å². The predicted molar refractivity (Wildman–Crippen MR) is 117 cm³/mol. The minimum Gasteiger partial charge on any atom is -0.491 e. The number of amides is 1. The molecule has 6 nitrogen and oxygen atoms in total. The normalized spacial score (nSPS) is 10.9. The van der Waals surface area contributed by atoms with Gasteiger partial charge in [-0.05, 0) is 55.3 Å². The maximum Gasteiger partial charge on any atom is 0.251 e. The summed E-state index contributed by atoms with van der Waals surface area (Å²) in [4.78, 5) is 21.1. The van der Waals surface area contributed by atoms with Crippen LogP contribution in [0.25, 0.3) is 11.0 Å². The number of nitrogens with zero attached hydrogens (tertiary/aromatic N) is 3. The zero-order valence-corrected chi connectivity index (χ0v) is 17.1. The second kappa shape index (κ2) is 8.78. The van der Waals surface area contributed by atoms with E-state index in [-0.39, 0.29) is 5.91 Å². The van der Waals surface area contributed by atoms with Crippen molar-refractivity contribution < 1.29 is 9.53 Å². The number of carbonyl (C=O) groups excluding carboxylic acids is 1. The van der Waals surface area contributed by atoms with Gasteiger partial charge in [-0.3, -0.25) is 9.78 Å². The molecular formula is C24H24N4O2. The molecule has 0 atom stereocenters. The van der Waals surface area contributed by atoms with Crippen molar-refractivity contribution in [1.29, 1.82) is 0 Å². The van der Waals surface area contributed by atoms with Gasteiger partial charge in [0.25, 0.3) is 5.91 Å². The first-order valence-corrected chi connectivity index (χ1v) is 9.94. The van der Waals surface area contributed by atoms with Crippen LogP contribution >= 0.6 is 0 Å². The van der Waals surface area contributed by atoms with Crippen LogP contribution in [0.3, 0.4) is 0 Å². The van der Waals surface area contributed by atoms with Gasteiger partial charge in [0, 0.05) is 18.0 Å². The third-order valence-electron chi connectivity index (χ3n) is 5.00. The topological polar surface area (TPSA) is 69.0 Å². The Balaban J connectivity index is 1.50. The summed E-state index contributed by atoms with van der Waals surface area (Å²) in [5.41, 5.74) is 4.78. The molecule has 4 aromatic rings. The molecule has 2 aromatic carbocycles. The number of hydrogen-bond donors (Lipinski definition) is 1. The summed E-state index contributed by atoms with van der Waals surface area (Å²) in [6.45, 7) is 5.57. The number of nitrogens with one attached hydrogen (secondary N) is 1. The van der Waals surface area contributed by atoms with E-state index in [1.807, 2.05) is 31.2 Å². The van der Waals surface area contributed by atoms with Gasteiger partial charge in [0.1, 0.15) is 18.2 Å². The van der Waals surface area contributed by atoms with Crippen molar-refractivity contribution in [1.82, 2.24) is 19.9 Å². The highest BCUT2D eigenvalue weighted by Crippen LogP contribution is 2.20. The number of fused-ring (bicyclic) bond motifs is 1. The lowest BCUT2D eigenvalue weighted by atomic mass is 10.1. The Morgan fingerprint density at radius 2 is 1.87 bits per heavy atom. The Hall–Kier alpha value is -3.67. The molecule has 1 N–H and O–H groups in total. The highest BCUT2D eigenvalue weighted by Gasteiger charge is 2.13. The lowest BCUT2D eigenvalue weighted by Crippen LogP contribution is -2.25. The fraction of sp³-hybridized carbons (Fsp3) is 0.208. The molecule has 6 heteroatoms. The molecule has 0 bridgehead atoms. The van der Waals surface area contributed by atoms with Crippen molar-refractivity contribution in [2.24, 2.45) is 0 Å². The number of para-hydroxylation sites is 2. The molecular weight excluding hydrogens is 376 g/mol. The van der Waals surface area contributed by atoms with E-state index in [0.717, 1.165) is 28.2 Å². The molecule has 0 saturated carbocycles. The highest BCUT2D eigenvalue weighted by molar-refractivity contribution is 5.93. The quantitative estimate of drug-likeness (QED) is 0.508. The van der Waals surface area contributed by atoms with Gasteiger partial charge in [-0.15, -0.1) is 0 Å². The number of benzene rings is 2. The van der Waals surface area contributed by atoms with Gasteiger partial charge in [-0.25, -0.2) is 4.98 Å². The van der Waals surface area contributed by atoms with Crippen molar-refractivity contribution in [2.75, 3.05) is 6.61 Å². The second-order valence-corrected chi connectivity index (χ2v) is 7.20. The van der Waals surface area contributed by atoms with Crippen molar-refractivity contribution >= 4 is 16.9 Å². The molecule has 30 heavy (non-hydrogen) atoms. The Bertz CT molecular complexity index is 1170. The fourth-order valence-electron chi connectivity index (χ4n) is 3.38. The molecule has 0 aliphatic rings. The molecule has 1 amide bonds. The summed E-state index contributed by atoms with van der Waals surface area (Å²) < 4.78 is 8.15. The van der Waals surface area contributed by atoms with Crippen LogP contribution in [0.4, 0.5) is 0 Å². The van der Waals surface area contributed by atoms with E-state index < -0.39 is 0 Å². The van der Waals surface area contributed by atoms with Crippen LogP contribution in [0, 0.1) is 13.8 Å². The molecule has 0 spiro atoms. The van der Waals surface area contributed by atoms with Gasteiger partial charge < -0.3 is 14.6 Å². The molecule has 4 rings (SSSR count). The van der Waals surface area contributed by atoms with Crippen LogP contribution in [0.15, 0.2) is 67.0 Å². The van der Waals surface area contributed by atoms with Crippen LogP contribution in [-0.4, -0.2) is 27.0 Å². The Morgan fingerprint density at radius 3 is 2.70 bits per heavy atom. The van der Waals surface area contributed by atoms with E-state index >= 15 is 0 Å². The van der Waals surface area contributed by atoms with Gasteiger partial charge in [0.2, 0.25) is 0 Å². The maximum atomic E-state index is 12.4. The van der Waals surface area contributed by atoms with Crippen LogP contribution < -0.4 is 10.1 Å². The zero-order chi connectivity index (χ0) is 20.9. The molecule has 2 heterocycles. The van der Waals surface area contributed by atoms with Crippen molar-refractivity contribution in [3.63, 3.8) is 0 Å². The van der Waals surface area contributed by atoms with Crippen molar-refractivity contribution in [3.8, 4) is 5.75 Å².